The van der Waals surface area contributed by atoms with E-state index < -0.39 is 0 Å². The van der Waals surface area contributed by atoms with Crippen LogP contribution in [-0.4, -0.2) is 53.2 Å². The number of likely N-dealkylation sites (tertiary alicyclic amines) is 1. The Morgan fingerprint density at radius 1 is 1.14 bits per heavy atom. The third kappa shape index (κ3) is 4.77. The van der Waals surface area contributed by atoms with E-state index in [1.165, 1.54) is 0 Å². The molecule has 1 aliphatic rings. The molecule has 10 heteroatoms. The Hall–Kier alpha value is -4.08. The molecule has 0 aliphatic carbocycles. The number of anilines is 1. The minimum atomic E-state index is -0.157. The minimum Gasteiger partial charge on any atom is -0.383 e. The quantitative estimate of drug-likeness (QED) is 0.440. The van der Waals surface area contributed by atoms with Crippen molar-refractivity contribution < 1.29 is 4.79 Å². The molecule has 4 aromatic rings. The molecule has 1 fully saturated rings. The fourth-order valence-electron chi connectivity index (χ4n) is 4.69. The van der Waals surface area contributed by atoms with E-state index in [2.05, 4.69) is 24.9 Å². The van der Waals surface area contributed by atoms with Crippen molar-refractivity contribution in [2.45, 2.75) is 44.9 Å². The number of carbonyl (C=O) groups is 1. The third-order valence-corrected chi connectivity index (χ3v) is 6.68. The van der Waals surface area contributed by atoms with Gasteiger partial charge in [-0.3, -0.25) is 14.0 Å². The first-order valence-corrected chi connectivity index (χ1v) is 11.9. The Morgan fingerprint density at radius 2 is 1.91 bits per heavy atom. The first-order valence-electron chi connectivity index (χ1n) is 11.9. The van der Waals surface area contributed by atoms with Crippen LogP contribution in [0.4, 0.5) is 5.82 Å². The Balaban J connectivity index is 1.16. The van der Waals surface area contributed by atoms with E-state index in [0.717, 1.165) is 35.5 Å². The van der Waals surface area contributed by atoms with Crippen LogP contribution in [0.1, 0.15) is 48.7 Å². The second-order valence-corrected chi connectivity index (χ2v) is 8.95. The number of rotatable bonds is 6. The van der Waals surface area contributed by atoms with Crippen LogP contribution >= 0.6 is 0 Å². The summed E-state index contributed by atoms with van der Waals surface area (Å²) in [5, 5.41) is 0. The van der Waals surface area contributed by atoms with Gasteiger partial charge < -0.3 is 15.6 Å². The second-order valence-electron chi connectivity index (χ2n) is 8.95. The molecule has 10 nitrogen and oxygen atoms in total. The average molecular weight is 473 g/mol. The molecule has 0 spiro atoms. The van der Waals surface area contributed by atoms with Gasteiger partial charge in [0.1, 0.15) is 17.2 Å². The maximum Gasteiger partial charge on any atom is 0.274 e. The number of nitrogens with zero attached hydrogens (tertiary/aromatic N) is 6. The van der Waals surface area contributed by atoms with Gasteiger partial charge in [-0.05, 0) is 56.2 Å². The molecule has 5 rings (SSSR count). The zero-order valence-electron chi connectivity index (χ0n) is 19.6. The smallest absolute Gasteiger partial charge is 0.274 e. The Bertz CT molecular complexity index is 1400. The molecule has 0 aromatic carbocycles. The number of nitrogens with one attached hydrogen (secondary N) is 1. The van der Waals surface area contributed by atoms with Crippen molar-refractivity contribution in [3.8, 4) is 11.4 Å². The summed E-state index contributed by atoms with van der Waals surface area (Å²) in [5.41, 5.74) is 9.10. The highest BCUT2D eigenvalue weighted by Gasteiger charge is 2.24. The molecule has 0 bridgehead atoms. The van der Waals surface area contributed by atoms with Crippen LogP contribution in [0.15, 0.2) is 47.9 Å². The van der Waals surface area contributed by atoms with E-state index >= 15 is 0 Å². The lowest BCUT2D eigenvalue weighted by atomic mass is 9.89. The highest BCUT2D eigenvalue weighted by Crippen LogP contribution is 2.31. The fourth-order valence-corrected chi connectivity index (χ4v) is 4.69. The predicted octanol–water partition coefficient (Wildman–Crippen LogP) is 2.49. The van der Waals surface area contributed by atoms with Crippen molar-refractivity contribution in [3.63, 3.8) is 0 Å². The largest absolute Gasteiger partial charge is 0.383 e. The van der Waals surface area contributed by atoms with Gasteiger partial charge >= 0.3 is 0 Å². The van der Waals surface area contributed by atoms with Crippen molar-refractivity contribution in [3.05, 3.63) is 70.6 Å². The standard InChI is InChI=1S/C25H28N8O2/c1-16-29-14-21-25(35)31-19(15-33(16)21)4-2-5-22(34)32-10-6-17(7-11-32)18-12-20(23(26)30-13-18)24-27-8-3-9-28-24/h3,8-9,12-15,17H,2,4-7,10-11H2,1H3,(H2,26,30)(H,31,35). The van der Waals surface area contributed by atoms with Gasteiger partial charge in [-0.1, -0.05) is 0 Å². The summed E-state index contributed by atoms with van der Waals surface area (Å²) >= 11 is 0. The van der Waals surface area contributed by atoms with E-state index in [1.807, 2.05) is 30.3 Å². The molecule has 0 radical (unpaired) electrons. The molecule has 35 heavy (non-hydrogen) atoms. The van der Waals surface area contributed by atoms with Crippen molar-refractivity contribution in [2.24, 2.45) is 0 Å². The number of carbonyl (C=O) groups excluding carboxylic acids is 1. The fraction of sp³-hybridized carbons (Fsp3) is 0.360. The predicted molar refractivity (Wildman–Crippen MR) is 132 cm³/mol. The van der Waals surface area contributed by atoms with E-state index in [4.69, 9.17) is 5.73 Å². The number of H-pyrrole nitrogens is 1. The van der Waals surface area contributed by atoms with E-state index in [9.17, 15) is 9.59 Å². The van der Waals surface area contributed by atoms with E-state index in [0.29, 0.717) is 55.4 Å². The monoisotopic (exact) mass is 472 g/mol. The normalized spacial score (nSPS) is 14.5. The topological polar surface area (TPSA) is 135 Å². The number of aromatic amines is 1. The summed E-state index contributed by atoms with van der Waals surface area (Å²) in [6, 6.07) is 3.79. The number of piperidine rings is 1. The van der Waals surface area contributed by atoms with E-state index in [-0.39, 0.29) is 11.5 Å². The van der Waals surface area contributed by atoms with Crippen molar-refractivity contribution in [1.82, 2.24) is 34.2 Å². The SMILES string of the molecule is Cc1ncc2c(=O)[nH]c(CCCC(=O)N3CCC(c4cnc(N)c(-c5ncccn5)c4)CC3)cn12. The molecule has 5 heterocycles. The van der Waals surface area contributed by atoms with Gasteiger partial charge in [0.25, 0.3) is 5.56 Å². The third-order valence-electron chi connectivity index (χ3n) is 6.68. The number of hydrogen-bond donors (Lipinski definition) is 2. The zero-order valence-corrected chi connectivity index (χ0v) is 19.6. The molecule has 0 unspecified atom stereocenters. The first-order chi connectivity index (χ1) is 17.0. The van der Waals surface area contributed by atoms with Crippen LogP contribution in [0.3, 0.4) is 0 Å². The number of amides is 1. The summed E-state index contributed by atoms with van der Waals surface area (Å²) in [6.45, 7) is 3.28. The summed E-state index contributed by atoms with van der Waals surface area (Å²) in [7, 11) is 0. The number of nitrogen functional groups attached to an aromatic ring is 1. The summed E-state index contributed by atoms with van der Waals surface area (Å²) in [6.07, 6.45) is 12.2. The molecular formula is C25H28N8O2. The first kappa shape index (κ1) is 22.7. The Kier molecular flexibility index (Phi) is 6.26. The number of aryl methyl sites for hydroxylation is 2. The van der Waals surface area contributed by atoms with Crippen LogP contribution in [0, 0.1) is 6.92 Å². The van der Waals surface area contributed by atoms with E-state index in [1.54, 1.807) is 29.1 Å². The number of imidazole rings is 1. The maximum absolute atomic E-state index is 12.8. The lowest BCUT2D eigenvalue weighted by Gasteiger charge is -2.32. The molecule has 1 amide bonds. The summed E-state index contributed by atoms with van der Waals surface area (Å²) in [4.78, 5) is 47.0. The minimum absolute atomic E-state index is 0.152. The molecule has 0 saturated carbocycles. The second kappa shape index (κ2) is 9.65. The van der Waals surface area contributed by atoms with Crippen molar-refractivity contribution >= 4 is 17.2 Å². The van der Waals surface area contributed by atoms with Crippen molar-refractivity contribution in [2.75, 3.05) is 18.8 Å². The van der Waals surface area contributed by atoms with Crippen LogP contribution in [0.25, 0.3) is 16.9 Å². The zero-order chi connectivity index (χ0) is 24.4. The van der Waals surface area contributed by atoms with Crippen LogP contribution in [-0.2, 0) is 11.2 Å². The number of pyridine rings is 1. The number of nitrogens with two attached hydrogens (primary N) is 1. The molecule has 3 N–H and O–H groups in total. The number of fused-ring (bicyclic) bond motifs is 1. The average Bonchev–Trinajstić information content (AvgIpc) is 3.26. The molecule has 1 aliphatic heterocycles. The van der Waals surface area contributed by atoms with Gasteiger partial charge in [0.15, 0.2) is 5.82 Å². The van der Waals surface area contributed by atoms with Crippen LogP contribution in [0.5, 0.6) is 0 Å². The van der Waals surface area contributed by atoms with Gasteiger partial charge in [-0.25, -0.2) is 19.9 Å². The van der Waals surface area contributed by atoms with Gasteiger partial charge in [0.05, 0.1) is 11.8 Å². The molecule has 180 valence electrons. The molecule has 0 atom stereocenters. The number of hydrogen-bond acceptors (Lipinski definition) is 7. The van der Waals surface area contributed by atoms with Crippen LogP contribution < -0.4 is 11.3 Å². The summed E-state index contributed by atoms with van der Waals surface area (Å²) in [5.74, 6) is 2.21. The van der Waals surface area contributed by atoms with Gasteiger partial charge in [-0.15, -0.1) is 0 Å². The molecule has 4 aromatic heterocycles. The van der Waals surface area contributed by atoms with Gasteiger partial charge in [0, 0.05) is 50.0 Å². The lowest BCUT2D eigenvalue weighted by molar-refractivity contribution is -0.132. The Morgan fingerprint density at radius 3 is 2.69 bits per heavy atom. The van der Waals surface area contributed by atoms with Gasteiger partial charge in [-0.2, -0.15) is 0 Å². The lowest BCUT2D eigenvalue weighted by Crippen LogP contribution is -2.37. The molecular weight excluding hydrogens is 444 g/mol. The summed E-state index contributed by atoms with van der Waals surface area (Å²) < 4.78 is 1.79. The van der Waals surface area contributed by atoms with Crippen LogP contribution in [0.2, 0.25) is 0 Å². The number of aromatic nitrogens is 6. The highest BCUT2D eigenvalue weighted by molar-refractivity contribution is 5.76. The Labute approximate surface area is 202 Å². The highest BCUT2D eigenvalue weighted by atomic mass is 16.2. The molecule has 1 saturated heterocycles. The van der Waals surface area contributed by atoms with Gasteiger partial charge in [0.2, 0.25) is 5.91 Å². The van der Waals surface area contributed by atoms with Crippen molar-refractivity contribution in [1.29, 1.82) is 0 Å². The maximum atomic E-state index is 12.8.